The van der Waals surface area contributed by atoms with E-state index in [0.717, 1.165) is 45.3 Å². The van der Waals surface area contributed by atoms with E-state index >= 15 is 0 Å². The lowest BCUT2D eigenvalue weighted by molar-refractivity contribution is 0.435. The first-order valence-electron chi connectivity index (χ1n) is 10.6. The van der Waals surface area contributed by atoms with E-state index in [4.69, 9.17) is 21.7 Å². The van der Waals surface area contributed by atoms with Crippen LogP contribution in [0, 0.1) is 0 Å². The Bertz CT molecular complexity index is 1140. The predicted octanol–water partition coefficient (Wildman–Crippen LogP) is 6.24. The Kier molecular flexibility index (Phi) is 4.55. The molecule has 0 aliphatic carbocycles. The number of hydrogen-bond acceptors (Lipinski definition) is 3. The molecule has 6 rings (SSSR count). The Hall–Kier alpha value is -3.83. The molecule has 0 saturated heterocycles. The number of ether oxygens (including phenoxy) is 2. The molecule has 0 bridgehead atoms. The molecule has 4 aromatic carbocycles. The second-order valence-corrected chi connectivity index (χ2v) is 8.25. The van der Waals surface area contributed by atoms with Gasteiger partial charge in [0, 0.05) is 22.3 Å². The molecule has 4 nitrogen and oxygen atoms in total. The van der Waals surface area contributed by atoms with Crippen molar-refractivity contribution in [2.45, 2.75) is 12.1 Å². The summed E-state index contributed by atoms with van der Waals surface area (Å²) in [7, 11) is 0. The molecule has 0 spiro atoms. The summed E-state index contributed by atoms with van der Waals surface area (Å²) in [4.78, 5) is 0. The van der Waals surface area contributed by atoms with Crippen LogP contribution >= 0.6 is 12.2 Å². The maximum atomic E-state index is 6.11. The summed E-state index contributed by atoms with van der Waals surface area (Å²) in [5.41, 5.74) is 4.23. The van der Waals surface area contributed by atoms with Crippen molar-refractivity contribution in [1.29, 1.82) is 0 Å². The van der Waals surface area contributed by atoms with E-state index in [2.05, 4.69) is 34.9 Å². The molecular formula is C27H20N2O2S. The highest BCUT2D eigenvalue weighted by Crippen LogP contribution is 2.44. The summed E-state index contributed by atoms with van der Waals surface area (Å²) < 4.78 is 12.2. The topological polar surface area (TPSA) is 42.5 Å². The minimum atomic E-state index is -0.110. The molecule has 0 radical (unpaired) electrons. The highest BCUT2D eigenvalue weighted by Gasteiger charge is 2.30. The van der Waals surface area contributed by atoms with Gasteiger partial charge < -0.3 is 20.1 Å². The molecule has 0 aromatic heterocycles. The molecule has 0 unspecified atom stereocenters. The van der Waals surface area contributed by atoms with E-state index < -0.39 is 0 Å². The van der Waals surface area contributed by atoms with Crippen LogP contribution in [0.4, 0.5) is 0 Å². The van der Waals surface area contributed by atoms with Gasteiger partial charge in [0.2, 0.25) is 0 Å². The first-order valence-corrected chi connectivity index (χ1v) is 11.0. The fourth-order valence-corrected chi connectivity index (χ4v) is 4.67. The third-order valence-corrected chi connectivity index (χ3v) is 6.15. The predicted molar refractivity (Wildman–Crippen MR) is 128 cm³/mol. The number of hydrogen-bond donors (Lipinski definition) is 2. The summed E-state index contributed by atoms with van der Waals surface area (Å²) in [5, 5.41) is 7.65. The smallest absolute Gasteiger partial charge is 0.167 e. The maximum absolute atomic E-state index is 6.11. The lowest BCUT2D eigenvalue weighted by Crippen LogP contribution is -2.41. The van der Waals surface area contributed by atoms with Gasteiger partial charge in [-0.05, 0) is 36.5 Å². The summed E-state index contributed by atoms with van der Waals surface area (Å²) >= 11 is 5.83. The largest absolute Gasteiger partial charge is 0.457 e. The van der Waals surface area contributed by atoms with Gasteiger partial charge in [-0.25, -0.2) is 0 Å². The molecule has 32 heavy (non-hydrogen) atoms. The fourth-order valence-electron chi connectivity index (χ4n) is 4.43. The van der Waals surface area contributed by atoms with Crippen molar-refractivity contribution in [2.75, 3.05) is 0 Å². The van der Waals surface area contributed by atoms with E-state index in [1.54, 1.807) is 0 Å². The second-order valence-electron chi connectivity index (χ2n) is 7.84. The Morgan fingerprint density at radius 1 is 0.500 bits per heavy atom. The number of thiocarbonyl (C=S) groups is 1. The van der Waals surface area contributed by atoms with Crippen LogP contribution in [0.15, 0.2) is 97.1 Å². The summed E-state index contributed by atoms with van der Waals surface area (Å²) in [6, 6.07) is 32.0. The van der Waals surface area contributed by atoms with E-state index in [1.807, 2.05) is 72.8 Å². The van der Waals surface area contributed by atoms with Crippen molar-refractivity contribution in [3.8, 4) is 23.0 Å². The Morgan fingerprint density at radius 3 is 1.09 bits per heavy atom. The highest BCUT2D eigenvalue weighted by atomic mass is 32.1. The van der Waals surface area contributed by atoms with E-state index in [0.29, 0.717) is 5.11 Å². The lowest BCUT2D eigenvalue weighted by Gasteiger charge is -2.32. The quantitative estimate of drug-likeness (QED) is 0.364. The third-order valence-electron chi connectivity index (χ3n) is 5.91. The van der Waals surface area contributed by atoms with Crippen LogP contribution in [0.5, 0.6) is 23.0 Å². The lowest BCUT2D eigenvalue weighted by atomic mass is 9.94. The Balaban J connectivity index is 1.34. The summed E-state index contributed by atoms with van der Waals surface area (Å²) in [6.07, 6.45) is 0. The van der Waals surface area contributed by atoms with Crippen molar-refractivity contribution in [1.82, 2.24) is 10.6 Å². The van der Waals surface area contributed by atoms with Crippen LogP contribution in [-0.2, 0) is 0 Å². The standard InChI is InChI=1S/C27H20N2O2S/c32-27(28-25-17-9-1-5-13-21(17)30-22-14-6-2-10-18(22)25)29-26-19-11-3-7-15-23(19)31-24-16-8-4-12-20(24)26/h1-16,25-26H,(H2,28,29,32). The van der Waals surface area contributed by atoms with Crippen LogP contribution in [0.25, 0.3) is 0 Å². The highest BCUT2D eigenvalue weighted by molar-refractivity contribution is 7.80. The zero-order valence-corrected chi connectivity index (χ0v) is 17.9. The minimum absolute atomic E-state index is 0.110. The molecule has 2 aliphatic heterocycles. The van der Waals surface area contributed by atoms with Crippen molar-refractivity contribution >= 4 is 17.3 Å². The van der Waals surface area contributed by atoms with Crippen LogP contribution in [0.3, 0.4) is 0 Å². The molecule has 2 aliphatic rings. The first-order chi connectivity index (χ1) is 15.8. The van der Waals surface area contributed by atoms with Gasteiger partial charge in [-0.3, -0.25) is 0 Å². The zero-order chi connectivity index (χ0) is 21.5. The van der Waals surface area contributed by atoms with Gasteiger partial charge in [0.25, 0.3) is 0 Å². The summed E-state index contributed by atoms with van der Waals surface area (Å²) in [5.74, 6) is 3.36. The first kappa shape index (κ1) is 18.9. The molecule has 0 saturated carbocycles. The number of nitrogens with one attached hydrogen (secondary N) is 2. The van der Waals surface area contributed by atoms with Gasteiger partial charge in [0.15, 0.2) is 5.11 Å². The monoisotopic (exact) mass is 436 g/mol. The molecule has 2 N–H and O–H groups in total. The number of rotatable bonds is 2. The molecule has 5 heteroatoms. The fraction of sp³-hybridized carbons (Fsp3) is 0.0741. The van der Waals surface area contributed by atoms with Crippen molar-refractivity contribution < 1.29 is 9.47 Å². The summed E-state index contributed by atoms with van der Waals surface area (Å²) in [6.45, 7) is 0. The van der Waals surface area contributed by atoms with Crippen LogP contribution in [0.1, 0.15) is 34.3 Å². The molecule has 156 valence electrons. The molecule has 0 amide bonds. The maximum Gasteiger partial charge on any atom is 0.167 e. The number of benzene rings is 4. The van der Waals surface area contributed by atoms with Crippen molar-refractivity contribution in [2.24, 2.45) is 0 Å². The van der Waals surface area contributed by atoms with Crippen LogP contribution in [-0.4, -0.2) is 5.11 Å². The van der Waals surface area contributed by atoms with Gasteiger partial charge >= 0.3 is 0 Å². The molecule has 0 atom stereocenters. The SMILES string of the molecule is S=C(NC1c2ccccc2Oc2ccccc21)NC1c2ccccc2Oc2ccccc21. The molecule has 4 aromatic rings. The molecule has 2 heterocycles. The number of fused-ring (bicyclic) bond motifs is 4. The zero-order valence-electron chi connectivity index (χ0n) is 17.1. The van der Waals surface area contributed by atoms with Gasteiger partial charge in [0.1, 0.15) is 23.0 Å². The number of para-hydroxylation sites is 4. The van der Waals surface area contributed by atoms with Crippen molar-refractivity contribution in [3.63, 3.8) is 0 Å². The van der Waals surface area contributed by atoms with E-state index in [-0.39, 0.29) is 12.1 Å². The minimum Gasteiger partial charge on any atom is -0.457 e. The van der Waals surface area contributed by atoms with Gasteiger partial charge in [-0.2, -0.15) is 0 Å². The Labute approximate surface area is 191 Å². The third kappa shape index (κ3) is 3.18. The van der Waals surface area contributed by atoms with E-state index in [1.165, 1.54) is 0 Å². The van der Waals surface area contributed by atoms with Crippen LogP contribution < -0.4 is 20.1 Å². The van der Waals surface area contributed by atoms with Crippen LogP contribution in [0.2, 0.25) is 0 Å². The van der Waals surface area contributed by atoms with Gasteiger partial charge in [-0.1, -0.05) is 72.8 Å². The van der Waals surface area contributed by atoms with Gasteiger partial charge in [0.05, 0.1) is 12.1 Å². The molecule has 0 fully saturated rings. The average Bonchev–Trinajstić information content (AvgIpc) is 2.84. The van der Waals surface area contributed by atoms with E-state index in [9.17, 15) is 0 Å². The van der Waals surface area contributed by atoms with Gasteiger partial charge in [-0.15, -0.1) is 0 Å². The Morgan fingerprint density at radius 2 is 0.781 bits per heavy atom. The average molecular weight is 437 g/mol. The second kappa shape index (κ2) is 7.70. The normalized spacial score (nSPS) is 14.0. The van der Waals surface area contributed by atoms with Crippen molar-refractivity contribution in [3.05, 3.63) is 119 Å². The molecular weight excluding hydrogens is 416 g/mol.